The number of hydrogen-bond acceptors (Lipinski definition) is 5. The Morgan fingerprint density at radius 2 is 1.74 bits per heavy atom. The molecule has 2 aliphatic rings. The molecular formula is C25H24F5N5. The largest absolute Gasteiger partial charge is 0.366 e. The second kappa shape index (κ2) is 9.49. The Hall–Kier alpha value is -3.14. The number of alkyl halides is 2. The van der Waals surface area contributed by atoms with Crippen molar-refractivity contribution < 1.29 is 22.0 Å². The molecule has 5 nitrogen and oxygen atoms in total. The number of nitrogens with zero attached hydrogens (tertiary/aromatic N) is 4. The van der Waals surface area contributed by atoms with Crippen molar-refractivity contribution >= 4 is 5.82 Å². The number of rotatable bonds is 6. The lowest BCUT2D eigenvalue weighted by molar-refractivity contribution is 0.151. The van der Waals surface area contributed by atoms with E-state index in [1.54, 1.807) is 6.20 Å². The molecule has 0 radical (unpaired) electrons. The molecule has 35 heavy (non-hydrogen) atoms. The maximum atomic E-state index is 14.2. The van der Waals surface area contributed by atoms with E-state index in [-0.39, 0.29) is 17.9 Å². The number of anilines is 1. The summed E-state index contributed by atoms with van der Waals surface area (Å²) in [4.78, 5) is 6.88. The van der Waals surface area contributed by atoms with Crippen LogP contribution in [-0.4, -0.2) is 39.2 Å². The SMILES string of the molecule is CC(c1ccccn1)N1C[C@H]2C[C@@H](Nc3cc(C(F)F)c(-c4cc(F)cc(F)c4F)nn3)C[C@H]2C1. The lowest BCUT2D eigenvalue weighted by atomic mass is 10.0. The van der Waals surface area contributed by atoms with Gasteiger partial charge >= 0.3 is 0 Å². The molecule has 1 saturated heterocycles. The van der Waals surface area contributed by atoms with Gasteiger partial charge in [-0.15, -0.1) is 10.2 Å². The predicted molar refractivity (Wildman–Crippen MR) is 120 cm³/mol. The number of benzene rings is 1. The Morgan fingerprint density at radius 3 is 2.40 bits per heavy atom. The van der Waals surface area contributed by atoms with Crippen LogP contribution in [0.4, 0.5) is 27.8 Å². The third-order valence-corrected chi connectivity index (χ3v) is 7.10. The van der Waals surface area contributed by atoms with Crippen molar-refractivity contribution in [3.8, 4) is 11.3 Å². The highest BCUT2D eigenvalue weighted by molar-refractivity contribution is 5.65. The highest BCUT2D eigenvalue weighted by Gasteiger charge is 2.42. The fourth-order valence-corrected chi connectivity index (χ4v) is 5.37. The summed E-state index contributed by atoms with van der Waals surface area (Å²) in [5, 5.41) is 10.8. The second-order valence-corrected chi connectivity index (χ2v) is 9.30. The average molecular weight is 489 g/mol. The van der Waals surface area contributed by atoms with E-state index in [4.69, 9.17) is 0 Å². The molecule has 1 aliphatic heterocycles. The topological polar surface area (TPSA) is 53.9 Å². The molecule has 1 N–H and O–H groups in total. The number of hydrogen-bond donors (Lipinski definition) is 1. The van der Waals surface area contributed by atoms with Crippen LogP contribution in [-0.2, 0) is 0 Å². The van der Waals surface area contributed by atoms with E-state index in [1.807, 2.05) is 18.2 Å². The highest BCUT2D eigenvalue weighted by Crippen LogP contribution is 2.42. The van der Waals surface area contributed by atoms with Gasteiger partial charge in [0.05, 0.1) is 5.69 Å². The van der Waals surface area contributed by atoms with E-state index in [2.05, 4.69) is 32.3 Å². The Morgan fingerprint density at radius 1 is 1.00 bits per heavy atom. The number of aromatic nitrogens is 3. The number of halogens is 5. The standard InChI is InChI=1S/C25H24F5N5/c1-13(21-4-2-3-5-31-21)35-11-14-6-17(7-15(14)12-35)32-22-10-19(25(29)30)24(34-33-22)18-8-16(26)9-20(27)23(18)28/h2-5,8-10,13-15,17,25H,6-7,11-12H2,1H3,(H,32,33)/t13?,14-,15+,17-. The van der Waals surface area contributed by atoms with Crippen LogP contribution in [0.1, 0.15) is 43.5 Å². The molecule has 2 aromatic heterocycles. The zero-order chi connectivity index (χ0) is 24.7. The van der Waals surface area contributed by atoms with E-state index in [0.717, 1.165) is 37.7 Å². The normalized spacial score (nSPS) is 23.0. The summed E-state index contributed by atoms with van der Waals surface area (Å²) in [6.07, 6.45) is 0.471. The van der Waals surface area contributed by atoms with Crippen LogP contribution in [0.5, 0.6) is 0 Å². The molecule has 1 saturated carbocycles. The molecule has 0 spiro atoms. The van der Waals surface area contributed by atoms with Crippen LogP contribution in [0.15, 0.2) is 42.6 Å². The first-order valence-electron chi connectivity index (χ1n) is 11.5. The number of pyridine rings is 1. The molecule has 0 bridgehead atoms. The van der Waals surface area contributed by atoms with Gasteiger partial charge in [0.2, 0.25) is 0 Å². The summed E-state index contributed by atoms with van der Waals surface area (Å²) in [5.41, 5.74) is -0.870. The first-order valence-corrected chi connectivity index (χ1v) is 11.5. The number of fused-ring (bicyclic) bond motifs is 1. The number of nitrogens with one attached hydrogen (secondary N) is 1. The molecule has 5 rings (SSSR count). The predicted octanol–water partition coefficient (Wildman–Crippen LogP) is 5.78. The molecule has 4 atom stereocenters. The molecule has 1 aliphatic carbocycles. The summed E-state index contributed by atoms with van der Waals surface area (Å²) >= 11 is 0. The number of likely N-dealkylation sites (tertiary alicyclic amines) is 1. The van der Waals surface area contributed by atoms with Gasteiger partial charge in [-0.1, -0.05) is 6.07 Å². The van der Waals surface area contributed by atoms with Crippen molar-refractivity contribution in [2.24, 2.45) is 11.8 Å². The summed E-state index contributed by atoms with van der Waals surface area (Å²) in [5.74, 6) is -2.96. The maximum absolute atomic E-state index is 14.2. The molecule has 2 fully saturated rings. The van der Waals surface area contributed by atoms with Crippen molar-refractivity contribution in [1.29, 1.82) is 0 Å². The van der Waals surface area contributed by atoms with E-state index >= 15 is 0 Å². The van der Waals surface area contributed by atoms with Gasteiger partial charge in [0.25, 0.3) is 6.43 Å². The first-order chi connectivity index (χ1) is 16.8. The monoisotopic (exact) mass is 489 g/mol. The van der Waals surface area contributed by atoms with Crippen LogP contribution in [0, 0.1) is 29.3 Å². The molecule has 3 aromatic rings. The fourth-order valence-electron chi connectivity index (χ4n) is 5.37. The molecule has 184 valence electrons. The quantitative estimate of drug-likeness (QED) is 0.352. The molecule has 3 heterocycles. The Bertz CT molecular complexity index is 1190. The van der Waals surface area contributed by atoms with Crippen LogP contribution in [0.2, 0.25) is 0 Å². The average Bonchev–Trinajstić information content (AvgIpc) is 3.40. The van der Waals surface area contributed by atoms with Crippen LogP contribution in [0.3, 0.4) is 0 Å². The second-order valence-electron chi connectivity index (χ2n) is 9.30. The maximum Gasteiger partial charge on any atom is 0.266 e. The third-order valence-electron chi connectivity index (χ3n) is 7.10. The Balaban J connectivity index is 1.28. The lowest BCUT2D eigenvalue weighted by Gasteiger charge is -2.25. The first kappa shape index (κ1) is 23.6. The summed E-state index contributed by atoms with van der Waals surface area (Å²) in [7, 11) is 0. The van der Waals surface area contributed by atoms with Gasteiger partial charge in [-0.05, 0) is 55.9 Å². The van der Waals surface area contributed by atoms with Crippen molar-refractivity contribution in [2.75, 3.05) is 18.4 Å². The molecule has 1 unspecified atom stereocenters. The molecule has 1 aromatic carbocycles. The molecule has 0 amide bonds. The van der Waals surface area contributed by atoms with E-state index in [1.165, 1.54) is 0 Å². The van der Waals surface area contributed by atoms with Gasteiger partial charge in [-0.2, -0.15) is 0 Å². The molecule has 10 heteroatoms. The van der Waals surface area contributed by atoms with Gasteiger partial charge < -0.3 is 5.32 Å². The summed E-state index contributed by atoms with van der Waals surface area (Å²) < 4.78 is 69.0. The van der Waals surface area contributed by atoms with Gasteiger partial charge in [0.1, 0.15) is 17.3 Å². The third kappa shape index (κ3) is 4.71. The summed E-state index contributed by atoms with van der Waals surface area (Å²) in [6.45, 7) is 4.01. The highest BCUT2D eigenvalue weighted by atomic mass is 19.3. The van der Waals surface area contributed by atoms with Crippen LogP contribution in [0.25, 0.3) is 11.3 Å². The van der Waals surface area contributed by atoms with Gasteiger partial charge in [-0.25, -0.2) is 22.0 Å². The minimum absolute atomic E-state index is 0.0336. The smallest absolute Gasteiger partial charge is 0.266 e. The minimum Gasteiger partial charge on any atom is -0.366 e. The van der Waals surface area contributed by atoms with Gasteiger partial charge in [-0.3, -0.25) is 9.88 Å². The fraction of sp³-hybridized carbons (Fsp3) is 0.400. The minimum atomic E-state index is -3.03. The lowest BCUT2D eigenvalue weighted by Crippen LogP contribution is -2.28. The molecular weight excluding hydrogens is 465 g/mol. The zero-order valence-electron chi connectivity index (χ0n) is 18.9. The van der Waals surface area contributed by atoms with Crippen LogP contribution < -0.4 is 5.32 Å². The van der Waals surface area contributed by atoms with Crippen LogP contribution >= 0.6 is 0 Å². The van der Waals surface area contributed by atoms with E-state index in [0.29, 0.717) is 24.0 Å². The van der Waals surface area contributed by atoms with E-state index in [9.17, 15) is 22.0 Å². The zero-order valence-corrected chi connectivity index (χ0v) is 18.9. The Kier molecular flexibility index (Phi) is 6.39. The van der Waals surface area contributed by atoms with Crippen molar-refractivity contribution in [3.05, 3.63) is 71.3 Å². The van der Waals surface area contributed by atoms with Crippen molar-refractivity contribution in [3.63, 3.8) is 0 Å². The van der Waals surface area contributed by atoms with Crippen molar-refractivity contribution in [1.82, 2.24) is 20.1 Å². The van der Waals surface area contributed by atoms with Crippen molar-refractivity contribution in [2.45, 2.75) is 38.3 Å². The summed E-state index contributed by atoms with van der Waals surface area (Å²) in [6, 6.07) is 8.22. The Labute approximate surface area is 199 Å². The van der Waals surface area contributed by atoms with E-state index < -0.39 is 40.7 Å². The van der Waals surface area contributed by atoms with Gasteiger partial charge in [0.15, 0.2) is 11.6 Å². The van der Waals surface area contributed by atoms with Gasteiger partial charge in [0, 0.05) is 48.6 Å².